The van der Waals surface area contributed by atoms with Crippen LogP contribution in [0.5, 0.6) is 0 Å². The van der Waals surface area contributed by atoms with Gasteiger partial charge in [-0.05, 0) is 39.3 Å². The van der Waals surface area contributed by atoms with Crippen LogP contribution in [0, 0.1) is 5.92 Å². The number of guanidine groups is 1. The molecule has 0 saturated heterocycles. The molecule has 19 heavy (non-hydrogen) atoms. The van der Waals surface area contributed by atoms with Crippen molar-refractivity contribution in [2.45, 2.75) is 53.1 Å². The van der Waals surface area contributed by atoms with Gasteiger partial charge in [0.05, 0.1) is 6.54 Å². The zero-order chi connectivity index (χ0) is 13.5. The number of aliphatic imine (C=N–C) groups is 1. The summed E-state index contributed by atoms with van der Waals surface area (Å²) in [5, 5.41) is 6.82. The maximum atomic E-state index is 4.70. The van der Waals surface area contributed by atoms with Gasteiger partial charge in [-0.25, -0.2) is 0 Å². The first kappa shape index (κ1) is 19.0. The Morgan fingerprint density at radius 2 is 1.89 bits per heavy atom. The van der Waals surface area contributed by atoms with Crippen LogP contribution in [0.15, 0.2) is 4.99 Å². The first-order valence-electron chi connectivity index (χ1n) is 7.41. The number of nitrogens with zero attached hydrogens (tertiary/aromatic N) is 2. The lowest BCUT2D eigenvalue weighted by atomic mass is 10.3. The van der Waals surface area contributed by atoms with Crippen molar-refractivity contribution in [2.24, 2.45) is 10.9 Å². The maximum absolute atomic E-state index is 4.70. The lowest BCUT2D eigenvalue weighted by molar-refractivity contribution is 0.237. The smallest absolute Gasteiger partial charge is 0.191 e. The zero-order valence-corrected chi connectivity index (χ0v) is 15.4. The number of nitrogens with one attached hydrogen (secondary N) is 2. The Morgan fingerprint density at radius 3 is 2.32 bits per heavy atom. The van der Waals surface area contributed by atoms with Crippen molar-refractivity contribution >= 4 is 29.9 Å². The molecule has 2 N–H and O–H groups in total. The van der Waals surface area contributed by atoms with E-state index in [1.54, 1.807) is 0 Å². The largest absolute Gasteiger partial charge is 0.357 e. The van der Waals surface area contributed by atoms with Crippen molar-refractivity contribution in [2.75, 3.05) is 26.2 Å². The fraction of sp³-hybridized carbons (Fsp3) is 0.929. The molecule has 1 rings (SSSR count). The molecule has 0 amide bonds. The third kappa shape index (κ3) is 6.79. The fourth-order valence-corrected chi connectivity index (χ4v) is 2.20. The molecule has 1 aliphatic carbocycles. The summed E-state index contributed by atoms with van der Waals surface area (Å²) < 4.78 is 0. The van der Waals surface area contributed by atoms with Crippen LogP contribution in [0.25, 0.3) is 0 Å². The fourth-order valence-electron chi connectivity index (χ4n) is 2.20. The highest BCUT2D eigenvalue weighted by atomic mass is 127. The standard InChI is InChI=1S/C14H30N4.HI/c1-6-15-14(17-13-9-11(13)4)16-10-12(5)18(7-2)8-3;/h11-13H,6-10H2,1-5H3,(H2,15,16,17);1H. The summed E-state index contributed by atoms with van der Waals surface area (Å²) in [4.78, 5) is 7.13. The minimum absolute atomic E-state index is 0. The molecule has 1 aliphatic rings. The molecule has 0 aromatic heterocycles. The minimum Gasteiger partial charge on any atom is -0.357 e. The van der Waals surface area contributed by atoms with Crippen molar-refractivity contribution in [3.05, 3.63) is 0 Å². The molecule has 0 bridgehead atoms. The summed E-state index contributed by atoms with van der Waals surface area (Å²) in [5.74, 6) is 1.78. The molecule has 3 unspecified atom stereocenters. The van der Waals surface area contributed by atoms with Gasteiger partial charge in [-0.3, -0.25) is 9.89 Å². The lowest BCUT2D eigenvalue weighted by Crippen LogP contribution is -2.41. The molecular formula is C14H31IN4. The van der Waals surface area contributed by atoms with Crippen molar-refractivity contribution in [1.29, 1.82) is 0 Å². The number of rotatable bonds is 7. The molecule has 0 heterocycles. The molecule has 0 aromatic carbocycles. The summed E-state index contributed by atoms with van der Waals surface area (Å²) >= 11 is 0. The lowest BCUT2D eigenvalue weighted by Gasteiger charge is -2.25. The second-order valence-corrected chi connectivity index (χ2v) is 5.25. The van der Waals surface area contributed by atoms with Gasteiger partial charge in [0.1, 0.15) is 0 Å². The SMILES string of the molecule is CCNC(=NCC(C)N(CC)CC)NC1CC1C.I. The molecule has 1 saturated carbocycles. The number of hydrogen-bond donors (Lipinski definition) is 2. The highest BCUT2D eigenvalue weighted by Crippen LogP contribution is 2.28. The van der Waals surface area contributed by atoms with Crippen LogP contribution in [0.1, 0.15) is 41.0 Å². The molecule has 0 aromatic rings. The predicted molar refractivity (Wildman–Crippen MR) is 94.5 cm³/mol. The summed E-state index contributed by atoms with van der Waals surface area (Å²) in [6.45, 7) is 15.0. The van der Waals surface area contributed by atoms with Crippen LogP contribution in [-0.2, 0) is 0 Å². The molecule has 1 fully saturated rings. The van der Waals surface area contributed by atoms with Gasteiger partial charge in [0.25, 0.3) is 0 Å². The third-order valence-corrected chi connectivity index (χ3v) is 3.73. The number of halogens is 1. The van der Waals surface area contributed by atoms with Crippen molar-refractivity contribution in [3.63, 3.8) is 0 Å². The van der Waals surface area contributed by atoms with Crippen molar-refractivity contribution < 1.29 is 0 Å². The topological polar surface area (TPSA) is 39.7 Å². The summed E-state index contributed by atoms with van der Waals surface area (Å²) in [6, 6.07) is 1.14. The van der Waals surface area contributed by atoms with Gasteiger partial charge in [0.15, 0.2) is 5.96 Å². The molecule has 5 heteroatoms. The van der Waals surface area contributed by atoms with Gasteiger partial charge < -0.3 is 10.6 Å². The van der Waals surface area contributed by atoms with E-state index in [9.17, 15) is 0 Å². The van der Waals surface area contributed by atoms with E-state index in [4.69, 9.17) is 4.99 Å². The van der Waals surface area contributed by atoms with E-state index in [0.29, 0.717) is 12.1 Å². The highest BCUT2D eigenvalue weighted by Gasteiger charge is 2.33. The predicted octanol–water partition coefficient (Wildman–Crippen LogP) is 2.30. The van der Waals surface area contributed by atoms with E-state index >= 15 is 0 Å². The Bertz CT molecular complexity index is 266. The average Bonchev–Trinajstić information content (AvgIpc) is 3.04. The van der Waals surface area contributed by atoms with Gasteiger partial charge >= 0.3 is 0 Å². The highest BCUT2D eigenvalue weighted by molar-refractivity contribution is 14.0. The quantitative estimate of drug-likeness (QED) is 0.403. The van der Waals surface area contributed by atoms with E-state index in [-0.39, 0.29) is 24.0 Å². The average molecular weight is 382 g/mol. The van der Waals surface area contributed by atoms with Gasteiger partial charge in [-0.1, -0.05) is 20.8 Å². The van der Waals surface area contributed by atoms with E-state index in [2.05, 4.69) is 50.2 Å². The summed E-state index contributed by atoms with van der Waals surface area (Å²) in [6.07, 6.45) is 1.27. The first-order chi connectivity index (χ1) is 8.62. The second-order valence-electron chi connectivity index (χ2n) is 5.25. The van der Waals surface area contributed by atoms with Gasteiger partial charge in [0.2, 0.25) is 0 Å². The second kappa shape index (κ2) is 9.80. The molecule has 3 atom stereocenters. The van der Waals surface area contributed by atoms with Gasteiger partial charge in [-0.2, -0.15) is 0 Å². The van der Waals surface area contributed by atoms with Crippen LogP contribution in [0.2, 0.25) is 0 Å². The molecule has 0 spiro atoms. The van der Waals surface area contributed by atoms with Gasteiger partial charge in [-0.15, -0.1) is 24.0 Å². The third-order valence-electron chi connectivity index (χ3n) is 3.73. The van der Waals surface area contributed by atoms with Gasteiger partial charge in [0, 0.05) is 18.6 Å². The van der Waals surface area contributed by atoms with Crippen molar-refractivity contribution in [1.82, 2.24) is 15.5 Å². The molecular weight excluding hydrogens is 351 g/mol. The first-order valence-corrected chi connectivity index (χ1v) is 7.41. The maximum Gasteiger partial charge on any atom is 0.191 e. The normalized spacial score (nSPS) is 23.8. The number of hydrogen-bond acceptors (Lipinski definition) is 2. The Morgan fingerprint density at radius 1 is 1.32 bits per heavy atom. The van der Waals surface area contributed by atoms with Crippen LogP contribution in [-0.4, -0.2) is 49.1 Å². The molecule has 114 valence electrons. The Hall–Kier alpha value is -0.0400. The van der Waals surface area contributed by atoms with Crippen LogP contribution < -0.4 is 10.6 Å². The Kier molecular flexibility index (Phi) is 9.78. The van der Waals surface area contributed by atoms with Crippen LogP contribution in [0.4, 0.5) is 0 Å². The Balaban J connectivity index is 0.00000324. The van der Waals surface area contributed by atoms with E-state index in [1.807, 2.05) is 0 Å². The van der Waals surface area contributed by atoms with E-state index in [0.717, 1.165) is 38.1 Å². The Labute approximate surface area is 135 Å². The molecule has 0 radical (unpaired) electrons. The zero-order valence-electron chi connectivity index (χ0n) is 13.1. The monoisotopic (exact) mass is 382 g/mol. The molecule has 4 nitrogen and oxygen atoms in total. The molecule has 0 aliphatic heterocycles. The number of likely N-dealkylation sites (N-methyl/N-ethyl adjacent to an activating group) is 1. The van der Waals surface area contributed by atoms with Crippen LogP contribution in [0.3, 0.4) is 0 Å². The van der Waals surface area contributed by atoms with E-state index in [1.165, 1.54) is 6.42 Å². The summed E-state index contributed by atoms with van der Waals surface area (Å²) in [7, 11) is 0. The minimum atomic E-state index is 0. The van der Waals surface area contributed by atoms with E-state index < -0.39 is 0 Å². The van der Waals surface area contributed by atoms with Crippen molar-refractivity contribution in [3.8, 4) is 0 Å². The van der Waals surface area contributed by atoms with Crippen LogP contribution >= 0.6 is 24.0 Å². The summed E-state index contributed by atoms with van der Waals surface area (Å²) in [5.41, 5.74) is 0.